The fraction of sp³-hybridized carbons (Fsp3) is 0.100. The molecular weight excluding hydrogens is 394 g/mol. The summed E-state index contributed by atoms with van der Waals surface area (Å²) in [7, 11) is 1.30. The minimum absolute atomic E-state index is 0.0563. The van der Waals surface area contributed by atoms with Crippen LogP contribution in [0.2, 0.25) is 0 Å². The number of non-ortho nitro benzene ring substituents is 1. The van der Waals surface area contributed by atoms with E-state index in [0.717, 1.165) is 0 Å². The lowest BCUT2D eigenvalue weighted by Gasteiger charge is -2.00. The van der Waals surface area contributed by atoms with Crippen molar-refractivity contribution in [2.45, 2.75) is 6.61 Å². The monoisotopic (exact) mass is 409 g/mol. The minimum atomic E-state index is -0.623. The summed E-state index contributed by atoms with van der Waals surface area (Å²) >= 11 is 0. The third kappa shape index (κ3) is 5.13. The first-order valence-electron chi connectivity index (χ1n) is 8.56. The molecule has 30 heavy (non-hydrogen) atoms. The number of ether oxygens (including phenoxy) is 2. The molecule has 0 saturated heterocycles. The van der Waals surface area contributed by atoms with Gasteiger partial charge in [-0.25, -0.2) is 9.59 Å². The van der Waals surface area contributed by atoms with Gasteiger partial charge in [0.1, 0.15) is 0 Å². The lowest BCUT2D eigenvalue weighted by atomic mass is 10.1. The summed E-state index contributed by atoms with van der Waals surface area (Å²) < 4.78 is 15.1. The maximum Gasteiger partial charge on any atom is 0.337 e. The largest absolute Gasteiger partial charge is 0.465 e. The number of nitrogens with zero attached hydrogens (tertiary/aromatic N) is 3. The Hall–Kier alpha value is -4.34. The summed E-state index contributed by atoms with van der Waals surface area (Å²) in [6.45, 7) is -0.232. The number of benzene rings is 2. The molecule has 2 aromatic carbocycles. The van der Waals surface area contributed by atoms with Gasteiger partial charge in [-0.3, -0.25) is 10.1 Å². The van der Waals surface area contributed by atoms with Crippen LogP contribution in [0.4, 0.5) is 5.69 Å². The Labute approximate surface area is 169 Å². The third-order valence-corrected chi connectivity index (χ3v) is 3.87. The summed E-state index contributed by atoms with van der Waals surface area (Å²) in [5.41, 5.74) is 1.54. The molecule has 0 fully saturated rings. The molecule has 0 aliphatic heterocycles. The maximum atomic E-state index is 11.9. The molecule has 0 bridgehead atoms. The quantitative estimate of drug-likeness (QED) is 0.249. The van der Waals surface area contributed by atoms with E-state index >= 15 is 0 Å². The van der Waals surface area contributed by atoms with Gasteiger partial charge in [0.25, 0.3) is 11.6 Å². The van der Waals surface area contributed by atoms with E-state index < -0.39 is 16.9 Å². The fourth-order valence-corrected chi connectivity index (χ4v) is 2.35. The predicted octanol–water partition coefficient (Wildman–Crippen LogP) is 3.19. The molecule has 0 radical (unpaired) electrons. The van der Waals surface area contributed by atoms with Crippen LogP contribution in [0.1, 0.15) is 21.8 Å². The Morgan fingerprint density at radius 2 is 1.80 bits per heavy atom. The van der Waals surface area contributed by atoms with Crippen molar-refractivity contribution in [1.29, 1.82) is 0 Å². The number of rotatable bonds is 7. The van der Waals surface area contributed by atoms with Crippen LogP contribution in [0.15, 0.2) is 59.0 Å². The molecule has 0 aliphatic carbocycles. The van der Waals surface area contributed by atoms with Gasteiger partial charge in [0.05, 0.1) is 17.6 Å². The zero-order valence-corrected chi connectivity index (χ0v) is 15.7. The van der Waals surface area contributed by atoms with Crippen LogP contribution >= 0.6 is 0 Å². The number of esters is 2. The summed E-state index contributed by atoms with van der Waals surface area (Å²) in [4.78, 5) is 33.4. The summed E-state index contributed by atoms with van der Waals surface area (Å²) in [6, 6.07) is 12.1. The summed E-state index contributed by atoms with van der Waals surface area (Å²) in [5.74, 6) is -0.843. The van der Waals surface area contributed by atoms with E-state index in [-0.39, 0.29) is 24.1 Å². The first-order valence-corrected chi connectivity index (χ1v) is 8.56. The number of hydrogen-bond acceptors (Lipinski definition) is 9. The van der Waals surface area contributed by atoms with Crippen LogP contribution in [0.25, 0.3) is 17.5 Å². The first-order chi connectivity index (χ1) is 14.5. The molecule has 0 saturated carbocycles. The standard InChI is InChI=1S/C20H15N3O7/c1-28-20(25)15-5-2-13(3-6-15)4-11-18(24)29-12-17-21-22-19(30-17)14-7-9-16(10-8-14)23(26)27/h2-11H,12H2,1H3/b11-4+. The van der Waals surface area contributed by atoms with E-state index in [1.165, 1.54) is 43.5 Å². The summed E-state index contributed by atoms with van der Waals surface area (Å²) in [5, 5.41) is 18.3. The molecule has 0 aliphatic rings. The number of nitro benzene ring substituents is 1. The van der Waals surface area contributed by atoms with E-state index in [0.29, 0.717) is 16.7 Å². The van der Waals surface area contributed by atoms with Crippen molar-refractivity contribution in [3.63, 3.8) is 0 Å². The van der Waals surface area contributed by atoms with E-state index in [1.54, 1.807) is 24.3 Å². The molecule has 0 atom stereocenters. The third-order valence-electron chi connectivity index (χ3n) is 3.87. The maximum absolute atomic E-state index is 11.9. The molecule has 0 N–H and O–H groups in total. The van der Waals surface area contributed by atoms with E-state index in [4.69, 9.17) is 9.15 Å². The van der Waals surface area contributed by atoms with Gasteiger partial charge in [0.2, 0.25) is 5.89 Å². The van der Waals surface area contributed by atoms with Crippen molar-refractivity contribution in [1.82, 2.24) is 10.2 Å². The molecule has 0 spiro atoms. The number of nitro groups is 1. The van der Waals surface area contributed by atoms with Gasteiger partial charge in [0, 0.05) is 23.8 Å². The van der Waals surface area contributed by atoms with Crippen molar-refractivity contribution in [3.8, 4) is 11.5 Å². The normalized spacial score (nSPS) is 10.7. The van der Waals surface area contributed by atoms with Crippen molar-refractivity contribution < 1.29 is 28.4 Å². The number of methoxy groups -OCH3 is 1. The van der Waals surface area contributed by atoms with Crippen LogP contribution in [0, 0.1) is 10.1 Å². The van der Waals surface area contributed by atoms with Gasteiger partial charge in [0.15, 0.2) is 6.61 Å². The molecule has 0 amide bonds. The van der Waals surface area contributed by atoms with Crippen molar-refractivity contribution in [3.05, 3.63) is 81.7 Å². The lowest BCUT2D eigenvalue weighted by Crippen LogP contribution is -2.01. The van der Waals surface area contributed by atoms with Crippen molar-refractivity contribution in [2.75, 3.05) is 7.11 Å². The van der Waals surface area contributed by atoms with Gasteiger partial charge in [-0.1, -0.05) is 12.1 Å². The van der Waals surface area contributed by atoms with Crippen LogP contribution in [-0.2, 0) is 20.9 Å². The molecule has 3 rings (SSSR count). The highest BCUT2D eigenvalue weighted by Crippen LogP contribution is 2.21. The van der Waals surface area contributed by atoms with Gasteiger partial charge < -0.3 is 13.9 Å². The highest BCUT2D eigenvalue weighted by Gasteiger charge is 2.12. The van der Waals surface area contributed by atoms with E-state index in [9.17, 15) is 19.7 Å². The Kier molecular flexibility index (Phi) is 6.28. The topological polar surface area (TPSA) is 135 Å². The number of aromatic nitrogens is 2. The van der Waals surface area contributed by atoms with Gasteiger partial charge in [-0.2, -0.15) is 0 Å². The Morgan fingerprint density at radius 3 is 2.43 bits per heavy atom. The number of carbonyl (C=O) groups is 2. The Bertz CT molecular complexity index is 1090. The van der Waals surface area contributed by atoms with Crippen molar-refractivity contribution >= 4 is 23.7 Å². The molecule has 0 unspecified atom stereocenters. The second kappa shape index (κ2) is 9.24. The van der Waals surface area contributed by atoms with Crippen LogP contribution in [0.5, 0.6) is 0 Å². The zero-order valence-electron chi connectivity index (χ0n) is 15.7. The molecule has 1 aromatic heterocycles. The van der Waals surface area contributed by atoms with Crippen LogP contribution < -0.4 is 0 Å². The van der Waals surface area contributed by atoms with E-state index in [2.05, 4.69) is 14.9 Å². The number of hydrogen-bond donors (Lipinski definition) is 0. The molecule has 152 valence electrons. The SMILES string of the molecule is COC(=O)c1ccc(/C=C/C(=O)OCc2nnc(-c3ccc([N+](=O)[O-])cc3)o2)cc1. The summed E-state index contributed by atoms with van der Waals surface area (Å²) in [6.07, 6.45) is 2.75. The van der Waals surface area contributed by atoms with Gasteiger partial charge >= 0.3 is 11.9 Å². The lowest BCUT2D eigenvalue weighted by molar-refractivity contribution is -0.384. The second-order valence-electron chi connectivity index (χ2n) is 5.86. The van der Waals surface area contributed by atoms with E-state index in [1.807, 2.05) is 0 Å². The average Bonchev–Trinajstić information content (AvgIpc) is 3.25. The zero-order chi connectivity index (χ0) is 21.5. The first kappa shape index (κ1) is 20.4. The van der Waals surface area contributed by atoms with Crippen molar-refractivity contribution in [2.24, 2.45) is 0 Å². The van der Waals surface area contributed by atoms with Crippen LogP contribution in [0.3, 0.4) is 0 Å². The molecule has 3 aromatic rings. The van der Waals surface area contributed by atoms with Crippen LogP contribution in [-0.4, -0.2) is 34.2 Å². The Morgan fingerprint density at radius 1 is 1.10 bits per heavy atom. The number of carbonyl (C=O) groups excluding carboxylic acids is 2. The highest BCUT2D eigenvalue weighted by atomic mass is 16.6. The second-order valence-corrected chi connectivity index (χ2v) is 5.86. The molecule has 10 nitrogen and oxygen atoms in total. The predicted molar refractivity (Wildman–Crippen MR) is 103 cm³/mol. The average molecular weight is 409 g/mol. The highest BCUT2D eigenvalue weighted by molar-refractivity contribution is 5.90. The Balaban J connectivity index is 1.54. The molecular formula is C20H15N3O7. The van der Waals surface area contributed by atoms with Gasteiger partial charge in [-0.05, 0) is 35.9 Å². The molecule has 10 heteroatoms. The van der Waals surface area contributed by atoms with Gasteiger partial charge in [-0.15, -0.1) is 10.2 Å². The smallest absolute Gasteiger partial charge is 0.337 e. The minimum Gasteiger partial charge on any atom is -0.465 e. The molecule has 1 heterocycles. The fourth-order valence-electron chi connectivity index (χ4n) is 2.35.